The molecule has 0 saturated carbocycles. The summed E-state index contributed by atoms with van der Waals surface area (Å²) in [4.78, 5) is 12.7. The van der Waals surface area contributed by atoms with E-state index in [1.165, 1.54) is 12.1 Å². The lowest BCUT2D eigenvalue weighted by molar-refractivity contribution is 0.0994. The van der Waals surface area contributed by atoms with E-state index in [9.17, 15) is 14.3 Å². The molecule has 0 amide bonds. The van der Waals surface area contributed by atoms with Gasteiger partial charge in [0, 0.05) is 30.1 Å². The molecule has 0 atom stereocenters. The van der Waals surface area contributed by atoms with Gasteiger partial charge in [-0.25, -0.2) is 4.39 Å². The molecule has 3 rings (SSSR count). The van der Waals surface area contributed by atoms with Gasteiger partial charge >= 0.3 is 0 Å². The monoisotopic (exact) mass is 325 g/mol. The minimum absolute atomic E-state index is 0.0348. The number of aryl methyl sites for hydroxylation is 1. The number of aromatic hydroxyl groups is 1. The summed E-state index contributed by atoms with van der Waals surface area (Å²) in [6, 6.07) is 11.2. The molecule has 0 fully saturated rings. The molecule has 1 heterocycles. The maximum Gasteiger partial charge on any atom is 0.169 e. The number of ketones is 1. The van der Waals surface area contributed by atoms with Gasteiger partial charge in [-0.05, 0) is 30.2 Å². The first-order chi connectivity index (χ1) is 11.6. The average Bonchev–Trinajstić information content (AvgIpc) is 2.95. The highest BCUT2D eigenvalue weighted by atomic mass is 19.1. The van der Waals surface area contributed by atoms with Crippen LogP contribution in [0.15, 0.2) is 48.7 Å². The fourth-order valence-corrected chi connectivity index (χ4v) is 2.95. The maximum atomic E-state index is 13.0. The van der Waals surface area contributed by atoms with Crippen LogP contribution >= 0.6 is 0 Å². The molecule has 124 valence electrons. The second-order valence-corrected chi connectivity index (χ2v) is 5.99. The van der Waals surface area contributed by atoms with Crippen LogP contribution in [0, 0.1) is 5.82 Å². The Labute approximate surface area is 140 Å². The number of halogens is 1. The minimum atomic E-state index is -0.313. The molecule has 24 heavy (non-hydrogen) atoms. The van der Waals surface area contributed by atoms with E-state index < -0.39 is 0 Å². The predicted molar refractivity (Wildman–Crippen MR) is 92.9 cm³/mol. The molecule has 0 bridgehead atoms. The van der Waals surface area contributed by atoms with E-state index in [1.807, 2.05) is 16.8 Å². The van der Waals surface area contributed by atoms with Gasteiger partial charge in [-0.2, -0.15) is 0 Å². The Morgan fingerprint density at radius 2 is 1.92 bits per heavy atom. The van der Waals surface area contributed by atoms with Crippen molar-refractivity contribution in [3.05, 3.63) is 65.6 Å². The second kappa shape index (κ2) is 6.87. The topological polar surface area (TPSA) is 42.2 Å². The number of phenolic OH excluding ortho intramolecular Hbond substituents is 1. The molecule has 0 aliphatic rings. The fourth-order valence-electron chi connectivity index (χ4n) is 2.95. The Morgan fingerprint density at radius 1 is 1.17 bits per heavy atom. The number of carbonyl (C=O) groups excluding carboxylic acids is 1. The number of fused-ring (bicyclic) bond motifs is 1. The molecule has 1 N–H and O–H groups in total. The number of Topliss-reactive ketones (excluding diaryl/α,β-unsaturated/α-hetero) is 1. The Hall–Kier alpha value is -2.62. The highest BCUT2D eigenvalue weighted by molar-refractivity contribution is 6.09. The third kappa shape index (κ3) is 3.18. The van der Waals surface area contributed by atoms with Crippen molar-refractivity contribution in [2.45, 2.75) is 32.7 Å². The van der Waals surface area contributed by atoms with Crippen molar-refractivity contribution in [2.75, 3.05) is 0 Å². The molecule has 4 heteroatoms. The number of carbonyl (C=O) groups is 1. The van der Waals surface area contributed by atoms with E-state index >= 15 is 0 Å². The van der Waals surface area contributed by atoms with Crippen molar-refractivity contribution in [3.8, 4) is 5.75 Å². The minimum Gasteiger partial charge on any atom is -0.506 e. The molecule has 0 aliphatic heterocycles. The fraction of sp³-hybridized carbons (Fsp3) is 0.250. The number of hydrogen-bond acceptors (Lipinski definition) is 2. The molecule has 2 aromatic carbocycles. The summed E-state index contributed by atoms with van der Waals surface area (Å²) >= 11 is 0. The molecule has 0 spiro atoms. The third-order valence-corrected chi connectivity index (χ3v) is 4.21. The first-order valence-corrected chi connectivity index (χ1v) is 8.18. The van der Waals surface area contributed by atoms with Crippen molar-refractivity contribution in [2.24, 2.45) is 0 Å². The Bertz CT molecular complexity index is 865. The number of rotatable bonds is 6. The largest absolute Gasteiger partial charge is 0.506 e. The van der Waals surface area contributed by atoms with Crippen molar-refractivity contribution in [1.29, 1.82) is 0 Å². The quantitative estimate of drug-likeness (QED) is 0.667. The Kier molecular flexibility index (Phi) is 4.65. The van der Waals surface area contributed by atoms with Crippen LogP contribution in [0.5, 0.6) is 5.75 Å². The number of phenols is 1. The zero-order chi connectivity index (χ0) is 17.1. The lowest BCUT2D eigenvalue weighted by atomic mass is 10.0. The third-order valence-electron chi connectivity index (χ3n) is 4.21. The molecule has 3 nitrogen and oxygen atoms in total. The second-order valence-electron chi connectivity index (χ2n) is 5.99. The van der Waals surface area contributed by atoms with Gasteiger partial charge in [0.25, 0.3) is 0 Å². The molecular formula is C20H20FNO2. The Morgan fingerprint density at radius 3 is 2.62 bits per heavy atom. The number of hydrogen-bond donors (Lipinski definition) is 1. The SMILES string of the molecule is CCCCn1cc(C(=O)Cc2ccc(F)cc2)c2cccc(O)c21. The summed E-state index contributed by atoms with van der Waals surface area (Å²) in [5.74, 6) is -0.163. The van der Waals surface area contributed by atoms with Gasteiger partial charge in [0.2, 0.25) is 0 Å². The van der Waals surface area contributed by atoms with Gasteiger partial charge in [0.1, 0.15) is 11.6 Å². The first-order valence-electron chi connectivity index (χ1n) is 8.18. The molecule has 0 aliphatic carbocycles. The molecule has 0 unspecified atom stereocenters. The van der Waals surface area contributed by atoms with E-state index in [-0.39, 0.29) is 23.8 Å². The van der Waals surface area contributed by atoms with E-state index in [1.54, 1.807) is 24.3 Å². The van der Waals surface area contributed by atoms with Gasteiger partial charge in [0.15, 0.2) is 5.78 Å². The average molecular weight is 325 g/mol. The van der Waals surface area contributed by atoms with Crippen LogP contribution < -0.4 is 0 Å². The van der Waals surface area contributed by atoms with Crippen molar-refractivity contribution in [1.82, 2.24) is 4.57 Å². The maximum absolute atomic E-state index is 13.0. The summed E-state index contributed by atoms with van der Waals surface area (Å²) in [5, 5.41) is 11.0. The van der Waals surface area contributed by atoms with Crippen LogP contribution in [0.2, 0.25) is 0 Å². The summed E-state index contributed by atoms with van der Waals surface area (Å²) in [6.07, 6.45) is 4.05. The van der Waals surface area contributed by atoms with Crippen LogP contribution in [0.1, 0.15) is 35.7 Å². The van der Waals surface area contributed by atoms with E-state index in [0.717, 1.165) is 30.3 Å². The number of nitrogens with zero attached hydrogens (tertiary/aromatic N) is 1. The standard InChI is InChI=1S/C20H20FNO2/c1-2-3-11-22-13-17(16-5-4-6-18(23)20(16)22)19(24)12-14-7-9-15(21)10-8-14/h4-10,13,23H,2-3,11-12H2,1H3. The summed E-state index contributed by atoms with van der Waals surface area (Å²) in [5.41, 5.74) is 2.07. The number of unbranched alkanes of at least 4 members (excludes halogenated alkanes) is 1. The molecule has 0 saturated heterocycles. The lowest BCUT2D eigenvalue weighted by Crippen LogP contribution is -2.03. The van der Waals surface area contributed by atoms with Crippen LogP contribution in [-0.2, 0) is 13.0 Å². The zero-order valence-corrected chi connectivity index (χ0v) is 13.6. The van der Waals surface area contributed by atoms with Gasteiger partial charge in [-0.3, -0.25) is 4.79 Å². The van der Waals surface area contributed by atoms with E-state index in [4.69, 9.17) is 0 Å². The van der Waals surface area contributed by atoms with Crippen LogP contribution in [0.4, 0.5) is 4.39 Å². The van der Waals surface area contributed by atoms with Crippen molar-refractivity contribution < 1.29 is 14.3 Å². The van der Waals surface area contributed by atoms with Crippen LogP contribution in [0.3, 0.4) is 0 Å². The lowest BCUT2D eigenvalue weighted by Gasteiger charge is -2.04. The number of para-hydroxylation sites is 1. The molecule has 3 aromatic rings. The smallest absolute Gasteiger partial charge is 0.169 e. The highest BCUT2D eigenvalue weighted by Gasteiger charge is 2.17. The van der Waals surface area contributed by atoms with Crippen LogP contribution in [-0.4, -0.2) is 15.5 Å². The van der Waals surface area contributed by atoms with Crippen molar-refractivity contribution in [3.63, 3.8) is 0 Å². The number of aromatic nitrogens is 1. The van der Waals surface area contributed by atoms with E-state index in [0.29, 0.717) is 11.1 Å². The molecule has 1 aromatic heterocycles. The van der Waals surface area contributed by atoms with Crippen molar-refractivity contribution >= 4 is 16.7 Å². The summed E-state index contributed by atoms with van der Waals surface area (Å²) in [6.45, 7) is 2.86. The number of benzene rings is 2. The van der Waals surface area contributed by atoms with E-state index in [2.05, 4.69) is 6.92 Å². The van der Waals surface area contributed by atoms with Crippen LogP contribution in [0.25, 0.3) is 10.9 Å². The van der Waals surface area contributed by atoms with Gasteiger partial charge < -0.3 is 9.67 Å². The van der Waals surface area contributed by atoms with Gasteiger partial charge in [-0.15, -0.1) is 0 Å². The Balaban J connectivity index is 1.97. The first kappa shape index (κ1) is 16.2. The molecular weight excluding hydrogens is 305 g/mol. The normalized spacial score (nSPS) is 11.1. The highest BCUT2D eigenvalue weighted by Crippen LogP contribution is 2.30. The summed E-state index contributed by atoms with van der Waals surface area (Å²) < 4.78 is 15.0. The predicted octanol–water partition coefficient (Wildman–Crippen LogP) is 4.71. The molecule has 0 radical (unpaired) electrons. The summed E-state index contributed by atoms with van der Waals surface area (Å²) in [7, 11) is 0. The zero-order valence-electron chi connectivity index (χ0n) is 13.6. The van der Waals surface area contributed by atoms with Gasteiger partial charge in [-0.1, -0.05) is 37.6 Å². The van der Waals surface area contributed by atoms with Gasteiger partial charge in [0.05, 0.1) is 5.52 Å².